The van der Waals surface area contributed by atoms with Crippen LogP contribution in [0, 0.1) is 5.92 Å². The molecule has 0 aliphatic heterocycles. The fourth-order valence-electron chi connectivity index (χ4n) is 2.38. The third-order valence-corrected chi connectivity index (χ3v) is 3.83. The lowest BCUT2D eigenvalue weighted by molar-refractivity contribution is 0.0951. The van der Waals surface area contributed by atoms with Crippen molar-refractivity contribution in [2.45, 2.75) is 32.6 Å². The Labute approximate surface area is 124 Å². The predicted octanol–water partition coefficient (Wildman–Crippen LogP) is 3.64. The minimum atomic E-state index is -0.297. The summed E-state index contributed by atoms with van der Waals surface area (Å²) in [5, 5.41) is 4.76. The molecule has 0 radical (unpaired) electrons. The summed E-state index contributed by atoms with van der Waals surface area (Å²) < 4.78 is 5.17. The van der Waals surface area contributed by atoms with Gasteiger partial charge in [-0.3, -0.25) is 4.79 Å². The molecule has 1 atom stereocenters. The predicted molar refractivity (Wildman–Crippen MR) is 80.5 cm³/mol. The summed E-state index contributed by atoms with van der Waals surface area (Å²) in [5.41, 5.74) is 4.07. The van der Waals surface area contributed by atoms with E-state index in [1.165, 1.54) is 13.5 Å². The van der Waals surface area contributed by atoms with E-state index in [-0.39, 0.29) is 5.91 Å². The van der Waals surface area contributed by atoms with Gasteiger partial charge in [-0.2, -0.15) is 5.10 Å². The van der Waals surface area contributed by atoms with Crippen LogP contribution in [0.15, 0.2) is 23.3 Å². The number of carbonyl (C=O) groups is 1. The number of rotatable bonds is 3. The van der Waals surface area contributed by atoms with Gasteiger partial charge in [0.05, 0.1) is 12.7 Å². The van der Waals surface area contributed by atoms with Gasteiger partial charge in [-0.25, -0.2) is 5.43 Å². The van der Waals surface area contributed by atoms with Crippen LogP contribution in [0.5, 0.6) is 5.75 Å². The molecule has 1 unspecified atom stereocenters. The highest BCUT2D eigenvalue weighted by atomic mass is 35.5. The highest BCUT2D eigenvalue weighted by molar-refractivity contribution is 6.31. The maximum atomic E-state index is 12.2. The lowest BCUT2D eigenvalue weighted by Gasteiger charge is -2.19. The Bertz CT molecular complexity index is 529. The number of amides is 1. The van der Waals surface area contributed by atoms with Gasteiger partial charge in [0.25, 0.3) is 5.91 Å². The monoisotopic (exact) mass is 294 g/mol. The summed E-state index contributed by atoms with van der Waals surface area (Å²) in [6.07, 6.45) is 4.46. The van der Waals surface area contributed by atoms with Gasteiger partial charge in [-0.15, -0.1) is 0 Å². The van der Waals surface area contributed by atoms with Crippen LogP contribution in [-0.4, -0.2) is 18.7 Å². The van der Waals surface area contributed by atoms with E-state index in [1.807, 2.05) is 0 Å². The average molecular weight is 295 g/mol. The fraction of sp³-hybridized carbons (Fsp3) is 0.467. The number of methoxy groups -OCH3 is 1. The summed E-state index contributed by atoms with van der Waals surface area (Å²) in [5.74, 6) is 0.628. The fourth-order valence-corrected chi connectivity index (χ4v) is 2.55. The van der Waals surface area contributed by atoms with E-state index in [1.54, 1.807) is 18.2 Å². The van der Waals surface area contributed by atoms with E-state index in [0.717, 1.165) is 25.0 Å². The molecule has 1 N–H and O–H groups in total. The van der Waals surface area contributed by atoms with Gasteiger partial charge in [0, 0.05) is 10.7 Å². The molecule has 0 heterocycles. The maximum Gasteiger partial charge on any atom is 0.275 e. The number of benzene rings is 1. The van der Waals surface area contributed by atoms with Gasteiger partial charge in [-0.05, 0) is 43.4 Å². The molecule has 1 amide bonds. The second-order valence-electron chi connectivity index (χ2n) is 5.04. The van der Waals surface area contributed by atoms with Crippen LogP contribution >= 0.6 is 11.6 Å². The number of hydrogen-bond acceptors (Lipinski definition) is 3. The quantitative estimate of drug-likeness (QED) is 0.865. The van der Waals surface area contributed by atoms with Crippen LogP contribution in [0.25, 0.3) is 0 Å². The number of nitrogens with zero attached hydrogens (tertiary/aromatic N) is 1. The number of halogens is 1. The van der Waals surface area contributed by atoms with Crippen molar-refractivity contribution in [2.24, 2.45) is 11.0 Å². The van der Waals surface area contributed by atoms with Crippen molar-refractivity contribution in [3.8, 4) is 5.75 Å². The summed E-state index contributed by atoms with van der Waals surface area (Å²) >= 11 is 5.92. The average Bonchev–Trinajstić information content (AvgIpc) is 2.46. The second-order valence-corrected chi connectivity index (χ2v) is 5.47. The van der Waals surface area contributed by atoms with E-state index < -0.39 is 0 Å². The Morgan fingerprint density at radius 3 is 2.95 bits per heavy atom. The molecule has 0 saturated heterocycles. The Hall–Kier alpha value is -1.55. The smallest absolute Gasteiger partial charge is 0.275 e. The topological polar surface area (TPSA) is 50.7 Å². The normalized spacial score (nSPS) is 20.8. The second kappa shape index (κ2) is 6.75. The zero-order valence-corrected chi connectivity index (χ0v) is 12.5. The van der Waals surface area contributed by atoms with E-state index >= 15 is 0 Å². The van der Waals surface area contributed by atoms with Crippen molar-refractivity contribution in [2.75, 3.05) is 7.11 Å². The first-order valence-corrected chi connectivity index (χ1v) is 7.20. The Balaban J connectivity index is 2.12. The van der Waals surface area contributed by atoms with Gasteiger partial charge >= 0.3 is 0 Å². The molecular formula is C15H19ClN2O2. The Morgan fingerprint density at radius 2 is 2.25 bits per heavy atom. The molecule has 5 heteroatoms. The van der Waals surface area contributed by atoms with E-state index in [0.29, 0.717) is 22.3 Å². The SMILES string of the molecule is COc1ccc(Cl)cc1C(=O)N/N=C1\CCCCC1C. The van der Waals surface area contributed by atoms with Crippen molar-refractivity contribution >= 4 is 23.2 Å². The van der Waals surface area contributed by atoms with Crippen molar-refractivity contribution in [3.63, 3.8) is 0 Å². The summed E-state index contributed by atoms with van der Waals surface area (Å²) in [7, 11) is 1.52. The van der Waals surface area contributed by atoms with Crippen LogP contribution in [-0.2, 0) is 0 Å². The molecule has 1 aromatic carbocycles. The zero-order valence-electron chi connectivity index (χ0n) is 11.8. The van der Waals surface area contributed by atoms with Gasteiger partial charge in [0.1, 0.15) is 5.75 Å². The van der Waals surface area contributed by atoms with E-state index in [9.17, 15) is 4.79 Å². The van der Waals surface area contributed by atoms with Crippen LogP contribution in [0.1, 0.15) is 43.0 Å². The summed E-state index contributed by atoms with van der Waals surface area (Å²) in [6.45, 7) is 2.14. The molecule has 0 spiro atoms. The van der Waals surface area contributed by atoms with Crippen LogP contribution < -0.4 is 10.2 Å². The molecule has 1 aromatic rings. The maximum absolute atomic E-state index is 12.2. The van der Waals surface area contributed by atoms with Crippen molar-refractivity contribution in [3.05, 3.63) is 28.8 Å². The molecule has 0 bridgehead atoms. The third kappa shape index (κ3) is 3.51. The minimum Gasteiger partial charge on any atom is -0.496 e. The van der Waals surface area contributed by atoms with Crippen LogP contribution in [0.2, 0.25) is 5.02 Å². The molecule has 1 aliphatic rings. The molecule has 20 heavy (non-hydrogen) atoms. The molecule has 2 rings (SSSR count). The lowest BCUT2D eigenvalue weighted by atomic mass is 9.89. The van der Waals surface area contributed by atoms with E-state index in [2.05, 4.69) is 17.5 Å². The number of hydrogen-bond donors (Lipinski definition) is 1. The zero-order chi connectivity index (χ0) is 14.5. The van der Waals surface area contributed by atoms with E-state index in [4.69, 9.17) is 16.3 Å². The molecule has 108 valence electrons. The molecule has 1 fully saturated rings. The first-order valence-electron chi connectivity index (χ1n) is 6.82. The van der Waals surface area contributed by atoms with Crippen molar-refractivity contribution in [1.82, 2.24) is 5.43 Å². The van der Waals surface area contributed by atoms with Crippen LogP contribution in [0.3, 0.4) is 0 Å². The first kappa shape index (κ1) is 14.9. The standard InChI is InChI=1S/C15H19ClN2O2/c1-10-5-3-4-6-13(10)17-18-15(19)12-9-11(16)7-8-14(12)20-2/h7-10H,3-6H2,1-2H3,(H,18,19)/b17-13+. The molecule has 1 saturated carbocycles. The summed E-state index contributed by atoms with van der Waals surface area (Å²) in [4.78, 5) is 12.2. The Morgan fingerprint density at radius 1 is 1.45 bits per heavy atom. The van der Waals surface area contributed by atoms with Gasteiger partial charge < -0.3 is 4.74 Å². The van der Waals surface area contributed by atoms with Crippen molar-refractivity contribution < 1.29 is 9.53 Å². The van der Waals surface area contributed by atoms with Gasteiger partial charge in [0.2, 0.25) is 0 Å². The van der Waals surface area contributed by atoms with Gasteiger partial charge in [0.15, 0.2) is 0 Å². The third-order valence-electron chi connectivity index (χ3n) is 3.60. The van der Waals surface area contributed by atoms with Crippen LogP contribution in [0.4, 0.5) is 0 Å². The Kier molecular flexibility index (Phi) is 5.01. The molecule has 1 aliphatic carbocycles. The number of carbonyl (C=O) groups excluding carboxylic acids is 1. The lowest BCUT2D eigenvalue weighted by Crippen LogP contribution is -2.24. The molecular weight excluding hydrogens is 276 g/mol. The summed E-state index contributed by atoms with van der Waals surface area (Å²) in [6, 6.07) is 4.94. The minimum absolute atomic E-state index is 0.297. The highest BCUT2D eigenvalue weighted by Crippen LogP contribution is 2.23. The number of nitrogens with one attached hydrogen (secondary N) is 1. The van der Waals surface area contributed by atoms with Crippen molar-refractivity contribution in [1.29, 1.82) is 0 Å². The van der Waals surface area contributed by atoms with Gasteiger partial charge in [-0.1, -0.05) is 24.9 Å². The molecule has 0 aromatic heterocycles. The number of ether oxygens (including phenoxy) is 1. The largest absolute Gasteiger partial charge is 0.496 e. The highest BCUT2D eigenvalue weighted by Gasteiger charge is 2.17. The molecule has 4 nitrogen and oxygen atoms in total. The number of hydrazone groups is 1. The first-order chi connectivity index (χ1) is 9.61.